The van der Waals surface area contributed by atoms with Crippen LogP contribution in [-0.2, 0) is 4.74 Å². The summed E-state index contributed by atoms with van der Waals surface area (Å²) in [6, 6.07) is 2.23. The maximum Gasteiger partial charge on any atom is 0.0594 e. The standard InChI is InChI=1S/C8H17N.C7H15NO.C7H15N.3CH4/c1-8(2)9-6-4-3-5-7-9;1-7(2)8-3-5-9-6-4-8;1-7(2)8-5-3-4-6-8;;;/h8H,3-7H2,1-2H3;7H,3-6H2,1-2H3;7H,3-6H2,1-2H3;3*1H4. The summed E-state index contributed by atoms with van der Waals surface area (Å²) in [6.07, 6.45) is 7.11. The van der Waals surface area contributed by atoms with Gasteiger partial charge in [0, 0.05) is 31.2 Å². The van der Waals surface area contributed by atoms with Crippen LogP contribution < -0.4 is 0 Å². The van der Waals surface area contributed by atoms with Crippen LogP contribution in [0.1, 0.15) is 95.9 Å². The highest BCUT2D eigenvalue weighted by Gasteiger charge is 2.13. The highest BCUT2D eigenvalue weighted by atomic mass is 16.5. The van der Waals surface area contributed by atoms with Crippen molar-refractivity contribution in [1.82, 2.24) is 14.7 Å². The molecule has 4 nitrogen and oxygen atoms in total. The predicted molar refractivity (Wildman–Crippen MR) is 134 cm³/mol. The van der Waals surface area contributed by atoms with Crippen LogP contribution in [0, 0.1) is 0 Å². The molecule has 0 bridgehead atoms. The van der Waals surface area contributed by atoms with E-state index in [-0.39, 0.29) is 22.3 Å². The second-order valence-electron chi connectivity index (χ2n) is 8.77. The lowest BCUT2D eigenvalue weighted by Crippen LogP contribution is -2.40. The SMILES string of the molecule is C.C.C.CC(C)N1CCCC1.CC(C)N1CCCCC1.CC(C)N1CCOCC1. The molecule has 180 valence electrons. The van der Waals surface area contributed by atoms with Crippen LogP contribution in [0.25, 0.3) is 0 Å². The molecule has 0 spiro atoms. The topological polar surface area (TPSA) is 19.0 Å². The number of rotatable bonds is 3. The quantitative estimate of drug-likeness (QED) is 0.560. The van der Waals surface area contributed by atoms with Gasteiger partial charge in [-0.3, -0.25) is 4.90 Å². The molecule has 29 heavy (non-hydrogen) atoms. The van der Waals surface area contributed by atoms with Gasteiger partial charge in [0.05, 0.1) is 13.2 Å². The third-order valence-corrected chi connectivity index (χ3v) is 5.77. The Hall–Kier alpha value is -0.160. The summed E-state index contributed by atoms with van der Waals surface area (Å²) >= 11 is 0. The van der Waals surface area contributed by atoms with Gasteiger partial charge in [0.1, 0.15) is 0 Å². The van der Waals surface area contributed by atoms with E-state index in [0.717, 1.165) is 38.4 Å². The summed E-state index contributed by atoms with van der Waals surface area (Å²) in [7, 11) is 0. The van der Waals surface area contributed by atoms with E-state index in [1.165, 1.54) is 58.3 Å². The summed E-state index contributed by atoms with van der Waals surface area (Å²) < 4.78 is 5.21. The largest absolute Gasteiger partial charge is 0.379 e. The highest BCUT2D eigenvalue weighted by molar-refractivity contribution is 4.69. The summed E-state index contributed by atoms with van der Waals surface area (Å²) in [6.45, 7) is 22.9. The number of nitrogens with zero attached hydrogens (tertiary/aromatic N) is 3. The summed E-state index contributed by atoms with van der Waals surface area (Å²) in [5, 5.41) is 0. The Labute approximate surface area is 186 Å². The number of hydrogen-bond acceptors (Lipinski definition) is 4. The highest BCUT2D eigenvalue weighted by Crippen LogP contribution is 2.11. The van der Waals surface area contributed by atoms with Crippen LogP contribution in [0.4, 0.5) is 0 Å². The molecule has 0 atom stereocenters. The van der Waals surface area contributed by atoms with Crippen molar-refractivity contribution in [2.45, 2.75) is 114 Å². The molecule has 3 heterocycles. The fourth-order valence-electron chi connectivity index (χ4n) is 3.79. The van der Waals surface area contributed by atoms with E-state index < -0.39 is 0 Å². The van der Waals surface area contributed by atoms with Gasteiger partial charge < -0.3 is 14.5 Å². The fourth-order valence-corrected chi connectivity index (χ4v) is 3.79. The molecule has 0 aromatic heterocycles. The van der Waals surface area contributed by atoms with Crippen LogP contribution in [0.5, 0.6) is 0 Å². The number of piperidine rings is 1. The molecule has 3 rings (SSSR count). The Balaban J connectivity index is -0.000000333. The lowest BCUT2D eigenvalue weighted by Gasteiger charge is -2.29. The molecule has 0 radical (unpaired) electrons. The number of likely N-dealkylation sites (tertiary alicyclic amines) is 2. The van der Waals surface area contributed by atoms with Crippen LogP contribution >= 0.6 is 0 Å². The maximum atomic E-state index is 5.21. The van der Waals surface area contributed by atoms with Gasteiger partial charge in [0.25, 0.3) is 0 Å². The molecule has 0 aromatic carbocycles. The zero-order valence-corrected chi connectivity index (χ0v) is 18.7. The zero-order chi connectivity index (χ0) is 19.4. The predicted octanol–water partition coefficient (Wildman–Crippen LogP) is 6.01. The molecule has 0 amide bonds. The second kappa shape index (κ2) is 19.8. The number of hydrogen-bond donors (Lipinski definition) is 0. The Morgan fingerprint density at radius 1 is 0.448 bits per heavy atom. The first-order valence-electron chi connectivity index (χ1n) is 11.2. The van der Waals surface area contributed by atoms with Gasteiger partial charge in [-0.25, -0.2) is 0 Å². The molecular weight excluding hydrogens is 358 g/mol. The summed E-state index contributed by atoms with van der Waals surface area (Å²) in [5.74, 6) is 0. The van der Waals surface area contributed by atoms with Gasteiger partial charge in [-0.15, -0.1) is 0 Å². The average molecular weight is 418 g/mol. The first-order valence-corrected chi connectivity index (χ1v) is 11.2. The van der Waals surface area contributed by atoms with Crippen molar-refractivity contribution in [3.05, 3.63) is 0 Å². The molecule has 3 saturated heterocycles. The first-order chi connectivity index (χ1) is 12.4. The normalized spacial score (nSPS) is 20.6. The van der Waals surface area contributed by atoms with Gasteiger partial charge >= 0.3 is 0 Å². The molecule has 0 aliphatic carbocycles. The van der Waals surface area contributed by atoms with Crippen molar-refractivity contribution < 1.29 is 4.74 Å². The molecule has 0 unspecified atom stereocenters. The van der Waals surface area contributed by atoms with Crippen LogP contribution in [0.3, 0.4) is 0 Å². The average Bonchev–Trinajstić information content (AvgIpc) is 3.19. The molecule has 3 fully saturated rings. The second-order valence-corrected chi connectivity index (χ2v) is 8.77. The molecule has 3 aliphatic heterocycles. The van der Waals surface area contributed by atoms with Crippen LogP contribution in [0.2, 0.25) is 0 Å². The number of ether oxygens (including phenoxy) is 1. The lowest BCUT2D eigenvalue weighted by molar-refractivity contribution is 0.0238. The minimum atomic E-state index is 0. The van der Waals surface area contributed by atoms with Gasteiger partial charge in [-0.05, 0) is 93.4 Å². The van der Waals surface area contributed by atoms with Gasteiger partial charge in [0.15, 0.2) is 0 Å². The van der Waals surface area contributed by atoms with E-state index in [1.807, 2.05) is 0 Å². The van der Waals surface area contributed by atoms with Gasteiger partial charge in [0.2, 0.25) is 0 Å². The number of morpholine rings is 1. The van der Waals surface area contributed by atoms with Crippen molar-refractivity contribution in [3.63, 3.8) is 0 Å². The van der Waals surface area contributed by atoms with Crippen LogP contribution in [-0.4, -0.2) is 85.3 Å². The smallest absolute Gasteiger partial charge is 0.0594 e. The molecule has 0 saturated carbocycles. The van der Waals surface area contributed by atoms with E-state index in [2.05, 4.69) is 56.2 Å². The molecule has 0 aromatic rings. The Morgan fingerprint density at radius 2 is 0.724 bits per heavy atom. The molecule has 0 N–H and O–H groups in total. The Morgan fingerprint density at radius 3 is 0.966 bits per heavy atom. The van der Waals surface area contributed by atoms with Gasteiger partial charge in [-0.2, -0.15) is 0 Å². The van der Waals surface area contributed by atoms with Crippen molar-refractivity contribution in [3.8, 4) is 0 Å². The zero-order valence-electron chi connectivity index (χ0n) is 18.7. The maximum absolute atomic E-state index is 5.21. The molecule has 3 aliphatic rings. The van der Waals surface area contributed by atoms with E-state index in [4.69, 9.17) is 4.74 Å². The van der Waals surface area contributed by atoms with Crippen molar-refractivity contribution >= 4 is 0 Å². The minimum absolute atomic E-state index is 0. The summed E-state index contributed by atoms with van der Waals surface area (Å²) in [4.78, 5) is 7.52. The van der Waals surface area contributed by atoms with Crippen molar-refractivity contribution in [2.75, 3.05) is 52.5 Å². The Bertz CT molecular complexity index is 294. The third-order valence-electron chi connectivity index (χ3n) is 5.77. The minimum Gasteiger partial charge on any atom is -0.379 e. The third kappa shape index (κ3) is 15.3. The van der Waals surface area contributed by atoms with E-state index in [9.17, 15) is 0 Å². The van der Waals surface area contributed by atoms with Crippen molar-refractivity contribution in [2.24, 2.45) is 0 Å². The monoisotopic (exact) mass is 417 g/mol. The molecular formula is C25H59N3O. The van der Waals surface area contributed by atoms with E-state index in [1.54, 1.807) is 0 Å². The molecule has 4 heteroatoms. The van der Waals surface area contributed by atoms with E-state index in [0.29, 0.717) is 6.04 Å². The van der Waals surface area contributed by atoms with E-state index >= 15 is 0 Å². The summed E-state index contributed by atoms with van der Waals surface area (Å²) in [5.41, 5.74) is 0. The Kier molecular flexibility index (Phi) is 22.8. The van der Waals surface area contributed by atoms with Crippen molar-refractivity contribution in [1.29, 1.82) is 0 Å². The fraction of sp³-hybridized carbons (Fsp3) is 1.00. The lowest BCUT2D eigenvalue weighted by atomic mass is 10.1. The first kappa shape index (κ1) is 33.5. The van der Waals surface area contributed by atoms with Gasteiger partial charge in [-0.1, -0.05) is 28.7 Å². The van der Waals surface area contributed by atoms with Crippen LogP contribution in [0.15, 0.2) is 0 Å².